The molecule has 0 aliphatic carbocycles. The Morgan fingerprint density at radius 3 is 2.80 bits per heavy atom. The smallest absolute Gasteiger partial charge is 0.240 e. The number of allylic oxidation sites excluding steroid dienone is 1. The van der Waals surface area contributed by atoms with Gasteiger partial charge in [-0.25, -0.2) is 4.79 Å². The third-order valence-corrected chi connectivity index (χ3v) is 1.54. The summed E-state index contributed by atoms with van der Waals surface area (Å²) >= 11 is 0. The molecule has 0 aromatic heterocycles. The van der Waals surface area contributed by atoms with Crippen molar-refractivity contribution in [3.8, 4) is 0 Å². The lowest BCUT2D eigenvalue weighted by atomic mass is 10.5. The summed E-state index contributed by atoms with van der Waals surface area (Å²) in [6.07, 6.45) is 3.21. The van der Waals surface area contributed by atoms with Crippen molar-refractivity contribution in [2.45, 2.75) is 13.3 Å². The minimum atomic E-state index is -2.82. The molecule has 4 nitrogen and oxygen atoms in total. The maximum absolute atomic E-state index is 10.3. The molecule has 0 aliphatic heterocycles. The van der Waals surface area contributed by atoms with Gasteiger partial charge in [-0.05, 0) is 6.42 Å². The molecule has 5 heteroatoms. The summed E-state index contributed by atoms with van der Waals surface area (Å²) < 4.78 is 10.3. The van der Waals surface area contributed by atoms with Gasteiger partial charge in [-0.2, -0.15) is 4.99 Å². The van der Waals surface area contributed by atoms with Crippen LogP contribution in [-0.4, -0.2) is 11.0 Å². The van der Waals surface area contributed by atoms with E-state index in [9.17, 15) is 9.36 Å². The third-order valence-electron chi connectivity index (χ3n) is 0.783. The lowest BCUT2D eigenvalue weighted by Gasteiger charge is -1.89. The van der Waals surface area contributed by atoms with Crippen molar-refractivity contribution in [1.29, 1.82) is 0 Å². The number of hydrogen-bond acceptors (Lipinski definition) is 3. The van der Waals surface area contributed by atoms with Crippen molar-refractivity contribution in [2.24, 2.45) is 4.99 Å². The molecule has 0 rings (SSSR count). The predicted octanol–water partition coefficient (Wildman–Crippen LogP) is 1.04. The molecule has 0 saturated heterocycles. The van der Waals surface area contributed by atoms with Gasteiger partial charge in [0.1, 0.15) is 5.44 Å². The topological polar surface area (TPSA) is 66.7 Å². The number of isocyanates is 1. The zero-order valence-electron chi connectivity index (χ0n) is 5.50. The number of rotatable bonds is 3. The first kappa shape index (κ1) is 9.31. The number of aliphatic imine (C=N–C) groups is 1. The maximum atomic E-state index is 10.3. The van der Waals surface area contributed by atoms with Crippen LogP contribution in [-0.2, 0) is 9.36 Å². The molecule has 0 aromatic rings. The normalized spacial score (nSPS) is 14.0. The first-order chi connectivity index (χ1) is 4.72. The Labute approximate surface area is 59.2 Å². The molecule has 0 spiro atoms. The van der Waals surface area contributed by atoms with Gasteiger partial charge in [0.2, 0.25) is 14.1 Å². The minimum absolute atomic E-state index is 0.0671. The third kappa shape index (κ3) is 3.36. The molecule has 56 valence electrons. The monoisotopic (exact) mass is 161 g/mol. The average molecular weight is 161 g/mol. The Balaban J connectivity index is 4.41. The highest BCUT2D eigenvalue weighted by Gasteiger charge is 1.98. The number of hydrogen-bond donors (Lipinski definition) is 1. The summed E-state index contributed by atoms with van der Waals surface area (Å²) in [6, 6.07) is 0. The van der Waals surface area contributed by atoms with Crippen molar-refractivity contribution in [3.63, 3.8) is 0 Å². The zero-order valence-corrected chi connectivity index (χ0v) is 6.50. The van der Waals surface area contributed by atoms with E-state index in [1.165, 1.54) is 12.2 Å². The van der Waals surface area contributed by atoms with Crippen molar-refractivity contribution >= 4 is 14.1 Å². The van der Waals surface area contributed by atoms with Crippen LogP contribution in [0, 0.1) is 0 Å². The van der Waals surface area contributed by atoms with Gasteiger partial charge in [-0.3, -0.25) is 4.57 Å². The largest absolute Gasteiger partial charge is 0.342 e. The van der Waals surface area contributed by atoms with E-state index >= 15 is 0 Å². The van der Waals surface area contributed by atoms with Crippen LogP contribution < -0.4 is 0 Å². The van der Waals surface area contributed by atoms with Crippen LogP contribution >= 0.6 is 8.03 Å². The van der Waals surface area contributed by atoms with Gasteiger partial charge < -0.3 is 4.89 Å². The molecule has 10 heavy (non-hydrogen) atoms. The molecule has 0 aromatic carbocycles. The van der Waals surface area contributed by atoms with Gasteiger partial charge in [-0.1, -0.05) is 13.0 Å². The zero-order chi connectivity index (χ0) is 7.98. The van der Waals surface area contributed by atoms with E-state index in [0.717, 1.165) is 0 Å². The SMILES string of the molecule is CCC=C(N=C=O)[PH](=O)O. The van der Waals surface area contributed by atoms with E-state index in [0.29, 0.717) is 6.42 Å². The molecule has 0 saturated carbocycles. The van der Waals surface area contributed by atoms with Crippen LogP contribution in [0.25, 0.3) is 0 Å². The second-order valence-corrected chi connectivity index (χ2v) is 2.63. The van der Waals surface area contributed by atoms with Gasteiger partial charge in [0, 0.05) is 0 Å². The molecule has 1 N–H and O–H groups in total. The molecule has 0 radical (unpaired) electrons. The van der Waals surface area contributed by atoms with Gasteiger partial charge in [0.15, 0.2) is 0 Å². The summed E-state index contributed by atoms with van der Waals surface area (Å²) in [7, 11) is -2.82. The second kappa shape index (κ2) is 5.12. The van der Waals surface area contributed by atoms with Crippen LogP contribution in [0.15, 0.2) is 16.5 Å². The Morgan fingerprint density at radius 1 is 1.90 bits per heavy atom. The van der Waals surface area contributed by atoms with E-state index in [1.807, 2.05) is 0 Å². The molecular formula is C5H8NO3P. The highest BCUT2D eigenvalue weighted by atomic mass is 31.1. The quantitative estimate of drug-likeness (QED) is 0.382. The summed E-state index contributed by atoms with van der Waals surface area (Å²) in [5.41, 5.74) is -0.0671. The summed E-state index contributed by atoms with van der Waals surface area (Å²) in [5, 5.41) is 0. The van der Waals surface area contributed by atoms with E-state index in [4.69, 9.17) is 4.89 Å². The van der Waals surface area contributed by atoms with Gasteiger partial charge >= 0.3 is 0 Å². The summed E-state index contributed by atoms with van der Waals surface area (Å²) in [5.74, 6) is 0. The number of carbonyl (C=O) groups excluding carboxylic acids is 1. The second-order valence-electron chi connectivity index (χ2n) is 1.51. The fraction of sp³-hybridized carbons (Fsp3) is 0.400. The number of nitrogens with zero attached hydrogens (tertiary/aromatic N) is 1. The Morgan fingerprint density at radius 2 is 2.50 bits per heavy atom. The van der Waals surface area contributed by atoms with E-state index in [-0.39, 0.29) is 5.44 Å². The van der Waals surface area contributed by atoms with Crippen LogP contribution in [0.2, 0.25) is 0 Å². The van der Waals surface area contributed by atoms with Crippen molar-refractivity contribution < 1.29 is 14.3 Å². The highest BCUT2D eigenvalue weighted by Crippen LogP contribution is 2.27. The Kier molecular flexibility index (Phi) is 4.77. The van der Waals surface area contributed by atoms with Crippen LogP contribution in [0.3, 0.4) is 0 Å². The molecule has 0 bridgehead atoms. The fourth-order valence-electron chi connectivity index (χ4n) is 0.423. The maximum Gasteiger partial charge on any atom is 0.240 e. The van der Waals surface area contributed by atoms with Gasteiger partial charge in [0.25, 0.3) is 0 Å². The lowest BCUT2D eigenvalue weighted by Crippen LogP contribution is -1.68. The Hall–Kier alpha value is -0.690. The summed E-state index contributed by atoms with van der Waals surface area (Å²) in [4.78, 5) is 21.2. The van der Waals surface area contributed by atoms with Gasteiger partial charge in [-0.15, -0.1) is 0 Å². The van der Waals surface area contributed by atoms with Crippen molar-refractivity contribution in [1.82, 2.24) is 0 Å². The molecule has 0 fully saturated rings. The minimum Gasteiger partial charge on any atom is -0.342 e. The Bertz CT molecular complexity index is 201. The van der Waals surface area contributed by atoms with E-state index < -0.39 is 8.03 Å². The van der Waals surface area contributed by atoms with E-state index in [1.54, 1.807) is 6.92 Å². The van der Waals surface area contributed by atoms with Crippen molar-refractivity contribution in [3.05, 3.63) is 11.5 Å². The lowest BCUT2D eigenvalue weighted by molar-refractivity contribution is 0.508. The highest BCUT2D eigenvalue weighted by molar-refractivity contribution is 7.43. The van der Waals surface area contributed by atoms with E-state index in [2.05, 4.69) is 4.99 Å². The first-order valence-corrected chi connectivity index (χ1v) is 4.09. The average Bonchev–Trinajstić information content (AvgIpc) is 1.87. The standard InChI is InChI=1S/C5H8NO3P/c1-2-3-5(6-4-7)10(8)9/h3,10H,2H2,1H3,(H,8,9). The molecule has 0 aliphatic rings. The molecular weight excluding hydrogens is 153 g/mol. The first-order valence-electron chi connectivity index (χ1n) is 2.73. The predicted molar refractivity (Wildman–Crippen MR) is 37.7 cm³/mol. The molecule has 0 heterocycles. The molecule has 0 amide bonds. The van der Waals surface area contributed by atoms with Crippen LogP contribution in [0.4, 0.5) is 0 Å². The summed E-state index contributed by atoms with van der Waals surface area (Å²) in [6.45, 7) is 1.78. The molecule has 1 unspecified atom stereocenters. The fourth-order valence-corrected chi connectivity index (χ4v) is 0.943. The van der Waals surface area contributed by atoms with Gasteiger partial charge in [0.05, 0.1) is 0 Å². The molecule has 1 atom stereocenters. The van der Waals surface area contributed by atoms with Crippen LogP contribution in [0.1, 0.15) is 13.3 Å². The van der Waals surface area contributed by atoms with Crippen LogP contribution in [0.5, 0.6) is 0 Å². The van der Waals surface area contributed by atoms with Crippen molar-refractivity contribution in [2.75, 3.05) is 0 Å².